The van der Waals surface area contributed by atoms with Crippen LogP contribution in [0.1, 0.15) is 20.3 Å². The molecular weight excluding hydrogens is 195 g/mol. The van der Waals surface area contributed by atoms with Crippen LogP contribution in [0.15, 0.2) is 0 Å². The number of hydrogen-bond acceptors (Lipinski definition) is 3. The van der Waals surface area contributed by atoms with Crippen LogP contribution in [0.4, 0.5) is 4.39 Å². The molecule has 88 valence electrons. The van der Waals surface area contributed by atoms with E-state index in [2.05, 4.69) is 24.1 Å². The first-order chi connectivity index (χ1) is 7.16. The number of halogens is 1. The van der Waals surface area contributed by atoms with E-state index in [4.69, 9.17) is 4.74 Å². The molecule has 2 atom stereocenters. The van der Waals surface area contributed by atoms with Crippen LogP contribution in [0.25, 0.3) is 0 Å². The molecule has 2 aliphatic rings. The standard InChI is InChI=1S/C11H21FN2O/c1-8(2)13-11-3-4-14(5-10(11)12)9-6-15-7-9/h8-11,13H,3-7H2,1-2H3/t10-,11-/m0/s1. The van der Waals surface area contributed by atoms with E-state index in [1.165, 1.54) is 0 Å². The van der Waals surface area contributed by atoms with Crippen molar-refractivity contribution in [1.82, 2.24) is 10.2 Å². The molecule has 0 aromatic heterocycles. The summed E-state index contributed by atoms with van der Waals surface area (Å²) in [4.78, 5) is 2.23. The van der Waals surface area contributed by atoms with Crippen LogP contribution in [0.3, 0.4) is 0 Å². The molecule has 0 aromatic carbocycles. The SMILES string of the molecule is CC(C)N[C@H]1CCN(C2COC2)C[C@@H]1F. The highest BCUT2D eigenvalue weighted by atomic mass is 19.1. The number of alkyl halides is 1. The van der Waals surface area contributed by atoms with Crippen LogP contribution in [-0.4, -0.2) is 55.5 Å². The van der Waals surface area contributed by atoms with E-state index >= 15 is 0 Å². The fraction of sp³-hybridized carbons (Fsp3) is 1.00. The minimum Gasteiger partial charge on any atom is -0.378 e. The van der Waals surface area contributed by atoms with Gasteiger partial charge in [0.1, 0.15) is 6.17 Å². The highest BCUT2D eigenvalue weighted by Gasteiger charge is 2.35. The number of piperidine rings is 1. The average Bonchev–Trinajstić information content (AvgIpc) is 2.06. The first kappa shape index (κ1) is 11.3. The molecule has 2 heterocycles. The Bertz CT molecular complexity index is 209. The predicted octanol–water partition coefficient (Wildman–Crippen LogP) is 0.796. The van der Waals surface area contributed by atoms with Gasteiger partial charge in [-0.25, -0.2) is 4.39 Å². The lowest BCUT2D eigenvalue weighted by molar-refractivity contribution is -0.0821. The van der Waals surface area contributed by atoms with E-state index in [0.29, 0.717) is 18.6 Å². The highest BCUT2D eigenvalue weighted by Crippen LogP contribution is 2.20. The van der Waals surface area contributed by atoms with Crippen molar-refractivity contribution in [3.8, 4) is 0 Å². The van der Waals surface area contributed by atoms with E-state index < -0.39 is 6.17 Å². The number of hydrogen-bond donors (Lipinski definition) is 1. The van der Waals surface area contributed by atoms with Gasteiger partial charge in [0, 0.05) is 25.2 Å². The molecule has 0 spiro atoms. The number of nitrogens with one attached hydrogen (secondary N) is 1. The van der Waals surface area contributed by atoms with Crippen molar-refractivity contribution in [3.05, 3.63) is 0 Å². The smallest absolute Gasteiger partial charge is 0.128 e. The third-order valence-corrected chi connectivity index (χ3v) is 3.26. The van der Waals surface area contributed by atoms with Crippen LogP contribution < -0.4 is 5.32 Å². The lowest BCUT2D eigenvalue weighted by atomic mass is 10.00. The Labute approximate surface area is 91.0 Å². The summed E-state index contributed by atoms with van der Waals surface area (Å²) in [5.74, 6) is 0. The van der Waals surface area contributed by atoms with E-state index in [-0.39, 0.29) is 6.04 Å². The van der Waals surface area contributed by atoms with Gasteiger partial charge < -0.3 is 10.1 Å². The van der Waals surface area contributed by atoms with Gasteiger partial charge >= 0.3 is 0 Å². The van der Waals surface area contributed by atoms with Gasteiger partial charge in [0.15, 0.2) is 0 Å². The molecule has 0 radical (unpaired) electrons. The van der Waals surface area contributed by atoms with Crippen LogP contribution in [0, 0.1) is 0 Å². The molecule has 0 unspecified atom stereocenters. The van der Waals surface area contributed by atoms with Crippen LogP contribution in [-0.2, 0) is 4.74 Å². The van der Waals surface area contributed by atoms with Crippen molar-refractivity contribution < 1.29 is 9.13 Å². The van der Waals surface area contributed by atoms with Crippen LogP contribution >= 0.6 is 0 Å². The third kappa shape index (κ3) is 2.68. The normalized spacial score (nSPS) is 34.4. The molecule has 1 N–H and O–H groups in total. The molecule has 2 rings (SSSR count). The topological polar surface area (TPSA) is 24.5 Å². The van der Waals surface area contributed by atoms with Gasteiger partial charge in [0.2, 0.25) is 0 Å². The van der Waals surface area contributed by atoms with E-state index in [1.54, 1.807) is 0 Å². The highest BCUT2D eigenvalue weighted by molar-refractivity contribution is 4.90. The minimum atomic E-state index is -0.734. The molecule has 2 saturated heterocycles. The van der Waals surface area contributed by atoms with Crippen LogP contribution in [0.2, 0.25) is 0 Å². The Morgan fingerprint density at radius 1 is 1.40 bits per heavy atom. The quantitative estimate of drug-likeness (QED) is 0.755. The average molecular weight is 216 g/mol. The summed E-state index contributed by atoms with van der Waals surface area (Å²) in [6, 6.07) is 0.886. The van der Waals surface area contributed by atoms with Gasteiger partial charge in [0.05, 0.1) is 19.3 Å². The third-order valence-electron chi connectivity index (χ3n) is 3.26. The monoisotopic (exact) mass is 216 g/mol. The molecule has 0 aromatic rings. The maximum absolute atomic E-state index is 13.8. The second-order valence-corrected chi connectivity index (χ2v) is 4.92. The summed E-state index contributed by atoms with van der Waals surface area (Å²) in [5.41, 5.74) is 0. The predicted molar refractivity (Wildman–Crippen MR) is 57.8 cm³/mol. The zero-order valence-corrected chi connectivity index (χ0v) is 9.58. The fourth-order valence-electron chi connectivity index (χ4n) is 2.31. The van der Waals surface area contributed by atoms with Crippen molar-refractivity contribution >= 4 is 0 Å². The molecule has 4 heteroatoms. The number of nitrogens with zero attached hydrogens (tertiary/aromatic N) is 1. The van der Waals surface area contributed by atoms with Gasteiger partial charge in [-0.15, -0.1) is 0 Å². The summed E-state index contributed by atoms with van der Waals surface area (Å²) in [5, 5.41) is 3.29. The zero-order chi connectivity index (χ0) is 10.8. The number of rotatable bonds is 3. The van der Waals surface area contributed by atoms with E-state index in [0.717, 1.165) is 26.2 Å². The molecule has 0 amide bonds. The van der Waals surface area contributed by atoms with Gasteiger partial charge in [-0.05, 0) is 6.42 Å². The van der Waals surface area contributed by atoms with Crippen LogP contribution in [0.5, 0.6) is 0 Å². The van der Waals surface area contributed by atoms with Crippen molar-refractivity contribution in [2.24, 2.45) is 0 Å². The Kier molecular flexibility index (Phi) is 3.59. The number of likely N-dealkylation sites (tertiary alicyclic amines) is 1. The summed E-state index contributed by atoms with van der Waals surface area (Å²) in [6.07, 6.45) is 0.178. The molecule has 0 saturated carbocycles. The molecule has 3 nitrogen and oxygen atoms in total. The van der Waals surface area contributed by atoms with Crippen molar-refractivity contribution in [2.75, 3.05) is 26.3 Å². The summed E-state index contributed by atoms with van der Waals surface area (Å²) >= 11 is 0. The Morgan fingerprint density at radius 2 is 2.13 bits per heavy atom. The van der Waals surface area contributed by atoms with Gasteiger partial charge in [-0.3, -0.25) is 4.90 Å². The van der Waals surface area contributed by atoms with E-state index in [9.17, 15) is 4.39 Å². The Balaban J connectivity index is 1.79. The molecular formula is C11H21FN2O. The molecule has 0 aliphatic carbocycles. The maximum atomic E-state index is 13.8. The second kappa shape index (κ2) is 4.76. The van der Waals surface area contributed by atoms with Gasteiger partial charge in [0.25, 0.3) is 0 Å². The van der Waals surface area contributed by atoms with Gasteiger partial charge in [-0.1, -0.05) is 13.8 Å². The molecule has 0 bridgehead atoms. The molecule has 2 aliphatic heterocycles. The molecule has 2 fully saturated rings. The first-order valence-corrected chi connectivity index (χ1v) is 5.88. The van der Waals surface area contributed by atoms with Crippen molar-refractivity contribution in [1.29, 1.82) is 0 Å². The maximum Gasteiger partial charge on any atom is 0.128 e. The summed E-state index contributed by atoms with van der Waals surface area (Å²) < 4.78 is 19.0. The van der Waals surface area contributed by atoms with Crippen molar-refractivity contribution in [3.63, 3.8) is 0 Å². The lowest BCUT2D eigenvalue weighted by Gasteiger charge is -2.43. The van der Waals surface area contributed by atoms with Crippen molar-refractivity contribution in [2.45, 2.75) is 44.6 Å². The number of ether oxygens (including phenoxy) is 1. The Hall–Kier alpha value is -0.190. The molecule has 15 heavy (non-hydrogen) atoms. The van der Waals surface area contributed by atoms with Gasteiger partial charge in [-0.2, -0.15) is 0 Å². The summed E-state index contributed by atoms with van der Waals surface area (Å²) in [6.45, 7) is 7.28. The largest absolute Gasteiger partial charge is 0.378 e. The lowest BCUT2D eigenvalue weighted by Crippen LogP contribution is -2.58. The second-order valence-electron chi connectivity index (χ2n) is 4.92. The Morgan fingerprint density at radius 3 is 2.60 bits per heavy atom. The fourth-order valence-corrected chi connectivity index (χ4v) is 2.31. The first-order valence-electron chi connectivity index (χ1n) is 5.88. The van der Waals surface area contributed by atoms with E-state index in [1.807, 2.05) is 0 Å². The zero-order valence-electron chi connectivity index (χ0n) is 9.58. The summed E-state index contributed by atoms with van der Waals surface area (Å²) in [7, 11) is 0. The minimum absolute atomic E-state index is 0.0437.